The number of benzene rings is 7. The summed E-state index contributed by atoms with van der Waals surface area (Å²) in [6.07, 6.45) is 0. The number of hydrogen-bond acceptors (Lipinski definition) is 4. The Bertz CT molecular complexity index is 2540. The maximum atomic E-state index is 5.22. The summed E-state index contributed by atoms with van der Waals surface area (Å²) in [6.45, 7) is 0. The molecule has 0 bridgehead atoms. The fourth-order valence-electron chi connectivity index (χ4n) is 6.44. The van der Waals surface area contributed by atoms with Crippen molar-refractivity contribution in [2.45, 2.75) is 0 Å². The monoisotopic (exact) mass is 591 g/mol. The number of rotatable bonds is 4. The Hall–Kier alpha value is -5.71. The van der Waals surface area contributed by atoms with Crippen molar-refractivity contribution in [3.05, 3.63) is 152 Å². The molecule has 0 atom stereocenters. The van der Waals surface area contributed by atoms with Crippen LogP contribution in [-0.2, 0) is 0 Å². The van der Waals surface area contributed by atoms with E-state index in [2.05, 4.69) is 127 Å². The molecule has 0 aliphatic rings. The van der Waals surface area contributed by atoms with Gasteiger partial charge in [0.05, 0.1) is 0 Å². The summed E-state index contributed by atoms with van der Waals surface area (Å²) < 4.78 is 2.62. The van der Waals surface area contributed by atoms with Gasteiger partial charge in [0, 0.05) is 42.2 Å². The summed E-state index contributed by atoms with van der Waals surface area (Å²) in [5.41, 5.74) is 5.14. The quantitative estimate of drug-likeness (QED) is 0.191. The molecule has 45 heavy (non-hydrogen) atoms. The van der Waals surface area contributed by atoms with Crippen LogP contribution in [0.1, 0.15) is 0 Å². The van der Waals surface area contributed by atoms with Gasteiger partial charge in [-0.05, 0) is 39.4 Å². The smallest absolute Gasteiger partial charge is 0.164 e. The molecule has 9 rings (SSSR count). The van der Waals surface area contributed by atoms with Gasteiger partial charge in [0.25, 0.3) is 0 Å². The van der Waals surface area contributed by atoms with E-state index in [0.717, 1.165) is 33.2 Å². The first-order valence-corrected chi connectivity index (χ1v) is 15.9. The molecule has 0 saturated carbocycles. The van der Waals surface area contributed by atoms with Crippen LogP contribution in [0.25, 0.3) is 87.0 Å². The lowest BCUT2D eigenvalue weighted by Crippen LogP contribution is -2.01. The Morgan fingerprint density at radius 2 is 0.956 bits per heavy atom. The molecule has 9 aromatic rings. The van der Waals surface area contributed by atoms with E-state index in [1.54, 1.807) is 0 Å². The van der Waals surface area contributed by atoms with E-state index >= 15 is 0 Å². The molecule has 0 amide bonds. The van der Waals surface area contributed by atoms with Crippen LogP contribution in [0.4, 0.5) is 0 Å². The predicted molar refractivity (Wildman–Crippen MR) is 189 cm³/mol. The first-order valence-electron chi connectivity index (χ1n) is 15.0. The van der Waals surface area contributed by atoms with Crippen molar-refractivity contribution >= 4 is 53.1 Å². The average Bonchev–Trinajstić information content (AvgIpc) is 3.50. The molecule has 0 aliphatic carbocycles. The summed E-state index contributed by atoms with van der Waals surface area (Å²) in [7, 11) is 0. The standard InChI is InChI=1S/C41H25N3S/c1-3-13-26(14-4-1)29-17-7-10-21-34(29)40-42-39(27-15-5-2-6-16-27)43-41(44-40)35-25-28-23-24-33-31-19-11-12-22-36(31)45-38(33)37(28)32-20-9-8-18-30(32)35/h1-25H. The Morgan fingerprint density at radius 3 is 1.73 bits per heavy atom. The number of fused-ring (bicyclic) bond motifs is 7. The van der Waals surface area contributed by atoms with Crippen molar-refractivity contribution in [1.29, 1.82) is 0 Å². The summed E-state index contributed by atoms with van der Waals surface area (Å²) in [4.78, 5) is 15.4. The molecule has 0 spiro atoms. The Balaban J connectivity index is 1.34. The zero-order valence-corrected chi connectivity index (χ0v) is 25.0. The van der Waals surface area contributed by atoms with Gasteiger partial charge in [-0.25, -0.2) is 15.0 Å². The second kappa shape index (κ2) is 10.5. The zero-order valence-electron chi connectivity index (χ0n) is 24.2. The van der Waals surface area contributed by atoms with Gasteiger partial charge in [-0.2, -0.15) is 0 Å². The first-order chi connectivity index (χ1) is 22.3. The van der Waals surface area contributed by atoms with Gasteiger partial charge in [0.2, 0.25) is 0 Å². The maximum Gasteiger partial charge on any atom is 0.164 e. The molecule has 0 saturated heterocycles. The number of nitrogens with zero attached hydrogens (tertiary/aromatic N) is 3. The minimum absolute atomic E-state index is 0.655. The van der Waals surface area contributed by atoms with Crippen molar-refractivity contribution < 1.29 is 0 Å². The minimum Gasteiger partial charge on any atom is -0.208 e. The second-order valence-electron chi connectivity index (χ2n) is 11.2. The van der Waals surface area contributed by atoms with Crippen molar-refractivity contribution in [2.24, 2.45) is 0 Å². The number of thiophene rings is 1. The van der Waals surface area contributed by atoms with E-state index in [1.165, 1.54) is 36.3 Å². The van der Waals surface area contributed by atoms with Crippen LogP contribution in [-0.4, -0.2) is 15.0 Å². The van der Waals surface area contributed by atoms with Crippen molar-refractivity contribution in [3.8, 4) is 45.3 Å². The van der Waals surface area contributed by atoms with Crippen LogP contribution in [0.3, 0.4) is 0 Å². The van der Waals surface area contributed by atoms with E-state index in [-0.39, 0.29) is 0 Å². The molecule has 0 N–H and O–H groups in total. The van der Waals surface area contributed by atoms with E-state index in [4.69, 9.17) is 15.0 Å². The minimum atomic E-state index is 0.655. The first kappa shape index (κ1) is 25.8. The molecule has 3 nitrogen and oxygen atoms in total. The molecule has 210 valence electrons. The van der Waals surface area contributed by atoms with Gasteiger partial charge in [0.15, 0.2) is 17.5 Å². The molecule has 0 radical (unpaired) electrons. The average molecular weight is 592 g/mol. The molecule has 0 unspecified atom stereocenters. The van der Waals surface area contributed by atoms with Crippen LogP contribution < -0.4 is 0 Å². The van der Waals surface area contributed by atoms with Crippen LogP contribution in [0.2, 0.25) is 0 Å². The highest BCUT2D eigenvalue weighted by molar-refractivity contribution is 7.26. The highest BCUT2D eigenvalue weighted by atomic mass is 32.1. The lowest BCUT2D eigenvalue weighted by atomic mass is 9.95. The third-order valence-corrected chi connectivity index (χ3v) is 9.73. The summed E-state index contributed by atoms with van der Waals surface area (Å²) in [6, 6.07) is 53.1. The highest BCUT2D eigenvalue weighted by Gasteiger charge is 2.19. The van der Waals surface area contributed by atoms with E-state index < -0.39 is 0 Å². The molecule has 0 fully saturated rings. The van der Waals surface area contributed by atoms with Crippen LogP contribution in [0.5, 0.6) is 0 Å². The van der Waals surface area contributed by atoms with E-state index in [1.807, 2.05) is 35.6 Å². The largest absolute Gasteiger partial charge is 0.208 e. The van der Waals surface area contributed by atoms with E-state index in [9.17, 15) is 0 Å². The van der Waals surface area contributed by atoms with Crippen LogP contribution >= 0.6 is 11.3 Å². The van der Waals surface area contributed by atoms with E-state index in [0.29, 0.717) is 17.5 Å². The topological polar surface area (TPSA) is 38.7 Å². The molecule has 4 heteroatoms. The normalized spacial score (nSPS) is 11.6. The van der Waals surface area contributed by atoms with Gasteiger partial charge in [0.1, 0.15) is 0 Å². The van der Waals surface area contributed by atoms with Gasteiger partial charge in [-0.15, -0.1) is 11.3 Å². The molecular weight excluding hydrogens is 567 g/mol. The fourth-order valence-corrected chi connectivity index (χ4v) is 7.71. The third kappa shape index (κ3) is 4.30. The van der Waals surface area contributed by atoms with Crippen LogP contribution in [0.15, 0.2) is 152 Å². The van der Waals surface area contributed by atoms with Gasteiger partial charge < -0.3 is 0 Å². The van der Waals surface area contributed by atoms with Gasteiger partial charge >= 0.3 is 0 Å². The Labute approximate surface area is 264 Å². The van der Waals surface area contributed by atoms with Crippen molar-refractivity contribution in [2.75, 3.05) is 0 Å². The molecule has 0 aliphatic heterocycles. The highest BCUT2D eigenvalue weighted by Crippen LogP contribution is 2.43. The summed E-state index contributed by atoms with van der Waals surface area (Å²) in [5, 5.41) is 7.39. The fraction of sp³-hybridized carbons (Fsp3) is 0. The number of aromatic nitrogens is 3. The molecule has 2 aromatic heterocycles. The third-order valence-electron chi connectivity index (χ3n) is 8.53. The van der Waals surface area contributed by atoms with Crippen molar-refractivity contribution in [3.63, 3.8) is 0 Å². The molecule has 7 aromatic carbocycles. The molecular formula is C41H25N3S. The molecule has 2 heterocycles. The van der Waals surface area contributed by atoms with Gasteiger partial charge in [-0.3, -0.25) is 0 Å². The Morgan fingerprint density at radius 1 is 0.378 bits per heavy atom. The second-order valence-corrected chi connectivity index (χ2v) is 12.2. The van der Waals surface area contributed by atoms with Gasteiger partial charge in [-0.1, -0.05) is 140 Å². The summed E-state index contributed by atoms with van der Waals surface area (Å²) >= 11 is 1.87. The van der Waals surface area contributed by atoms with Crippen LogP contribution in [0, 0.1) is 0 Å². The number of hydrogen-bond donors (Lipinski definition) is 0. The zero-order chi connectivity index (χ0) is 29.7. The predicted octanol–water partition coefficient (Wildman–Crippen LogP) is 11.2. The summed E-state index contributed by atoms with van der Waals surface area (Å²) in [5.74, 6) is 1.97. The Kier molecular flexibility index (Phi) is 6.00. The maximum absolute atomic E-state index is 5.22. The lowest BCUT2D eigenvalue weighted by molar-refractivity contribution is 1.08. The SMILES string of the molecule is c1ccc(-c2nc(-c3ccccc3-c3ccccc3)nc(-c3cc4ccc5c6ccccc6sc5c4c4ccccc34)n2)cc1. The lowest BCUT2D eigenvalue weighted by Gasteiger charge is -2.14. The van der Waals surface area contributed by atoms with Crippen molar-refractivity contribution in [1.82, 2.24) is 15.0 Å².